The molecule has 2 fully saturated rings. The molecule has 104 valence electrons. The van der Waals surface area contributed by atoms with Crippen molar-refractivity contribution in [3.05, 3.63) is 29.3 Å². The van der Waals surface area contributed by atoms with Gasteiger partial charge in [0, 0.05) is 11.5 Å². The van der Waals surface area contributed by atoms with Gasteiger partial charge in [-0.05, 0) is 68.5 Å². The molecule has 0 radical (unpaired) electrons. The Labute approximate surface area is 133 Å². The molecule has 20 heavy (non-hydrogen) atoms. The van der Waals surface area contributed by atoms with Crippen LogP contribution in [0, 0.1) is 5.92 Å². The van der Waals surface area contributed by atoms with Gasteiger partial charge < -0.3 is 10.0 Å². The Kier molecular flexibility index (Phi) is 3.69. The number of phenols is 1. The van der Waals surface area contributed by atoms with Gasteiger partial charge in [0.25, 0.3) is 0 Å². The number of hydrogen-bond acceptors (Lipinski definition) is 2. The second-order valence-corrected chi connectivity index (χ2v) is 6.85. The number of piperidine rings is 1. The van der Waals surface area contributed by atoms with E-state index in [-0.39, 0.29) is 18.9 Å². The molecule has 0 aromatic heterocycles. The molecule has 1 aromatic carbocycles. The van der Waals surface area contributed by atoms with Crippen LogP contribution < -0.4 is 0 Å². The number of likely N-dealkylation sites (N-methyl/N-ethyl adjacent to an activating group) is 1. The molecule has 2 bridgehead atoms. The molecule has 0 unspecified atom stereocenters. The van der Waals surface area contributed by atoms with Gasteiger partial charge in [0.15, 0.2) is 0 Å². The molecule has 3 atom stereocenters. The summed E-state index contributed by atoms with van der Waals surface area (Å²) >= 11 is 0. The monoisotopic (exact) mass is 265 g/mol. The Morgan fingerprint density at radius 3 is 2.95 bits per heavy atom. The third-order valence-electron chi connectivity index (χ3n) is 6.10. The summed E-state index contributed by atoms with van der Waals surface area (Å²) in [5.41, 5.74) is 3.36. The predicted octanol–water partition coefficient (Wildman–Crippen LogP) is 2.43. The third kappa shape index (κ3) is 1.89. The number of hydrogen-bond donors (Lipinski definition) is 1. The van der Waals surface area contributed by atoms with E-state index in [1.54, 1.807) is 0 Å². The van der Waals surface area contributed by atoms with Crippen LogP contribution in [0.1, 0.15) is 43.2 Å². The van der Waals surface area contributed by atoms with Gasteiger partial charge in [-0.1, -0.05) is 18.9 Å². The zero-order valence-corrected chi connectivity index (χ0v) is 11.7. The van der Waals surface area contributed by atoms with Crippen LogP contribution in [-0.2, 0) is 11.8 Å². The van der Waals surface area contributed by atoms with Crippen LogP contribution in [0.5, 0.6) is 5.75 Å². The Morgan fingerprint density at radius 2 is 2.10 bits per heavy atom. The number of likely N-dealkylation sites (tertiary alicyclic amines) is 1. The van der Waals surface area contributed by atoms with Crippen molar-refractivity contribution >= 4 is 18.9 Å². The normalized spacial score (nSPS) is 35.6. The minimum atomic E-state index is 0. The summed E-state index contributed by atoms with van der Waals surface area (Å²) in [6.07, 6.45) is 7.93. The SMILES string of the molecule is CN1CC[C@]23CCCC[C@H]2[C@H]1Cc1ccc(O)cc13.[LiH]. The fourth-order valence-electron chi connectivity index (χ4n) is 5.18. The molecule has 3 heteroatoms. The van der Waals surface area contributed by atoms with Crippen molar-refractivity contribution in [1.82, 2.24) is 4.90 Å². The molecular weight excluding hydrogens is 241 g/mol. The molecule has 4 rings (SSSR count). The molecule has 1 aromatic rings. The third-order valence-corrected chi connectivity index (χ3v) is 6.10. The van der Waals surface area contributed by atoms with Gasteiger partial charge in [0.2, 0.25) is 0 Å². The van der Waals surface area contributed by atoms with Crippen molar-refractivity contribution < 1.29 is 5.11 Å². The van der Waals surface area contributed by atoms with Crippen LogP contribution in [0.4, 0.5) is 0 Å². The summed E-state index contributed by atoms with van der Waals surface area (Å²) < 4.78 is 0. The average Bonchev–Trinajstić information content (AvgIpc) is 2.43. The first-order chi connectivity index (χ1) is 9.21. The predicted molar refractivity (Wildman–Crippen MR) is 83.6 cm³/mol. The fraction of sp³-hybridized carbons (Fsp3) is 0.647. The van der Waals surface area contributed by atoms with E-state index in [1.165, 1.54) is 56.2 Å². The molecule has 2 nitrogen and oxygen atoms in total. The Balaban J connectivity index is 0.00000121. The van der Waals surface area contributed by atoms with Crippen LogP contribution in [0.15, 0.2) is 18.2 Å². The van der Waals surface area contributed by atoms with Crippen LogP contribution in [0.2, 0.25) is 0 Å². The molecule has 2 aliphatic carbocycles. The van der Waals surface area contributed by atoms with Crippen molar-refractivity contribution in [3.8, 4) is 5.75 Å². The van der Waals surface area contributed by atoms with E-state index in [0.29, 0.717) is 11.2 Å². The molecule has 0 amide bonds. The number of phenolic OH excluding ortho intramolecular Hbond substituents is 1. The molecule has 1 N–H and O–H groups in total. The average molecular weight is 265 g/mol. The van der Waals surface area contributed by atoms with E-state index in [4.69, 9.17) is 0 Å². The van der Waals surface area contributed by atoms with E-state index in [2.05, 4.69) is 24.1 Å². The summed E-state index contributed by atoms with van der Waals surface area (Å²) in [7, 11) is 2.30. The molecule has 0 spiro atoms. The Hall–Kier alpha value is -0.423. The molecule has 3 aliphatic rings. The van der Waals surface area contributed by atoms with Gasteiger partial charge in [-0.2, -0.15) is 0 Å². The number of fused-ring (bicyclic) bond motifs is 1. The minimum absolute atomic E-state index is 0. The second kappa shape index (κ2) is 5.09. The number of aromatic hydroxyl groups is 1. The molecule has 1 saturated carbocycles. The van der Waals surface area contributed by atoms with E-state index in [0.717, 1.165) is 12.0 Å². The van der Waals surface area contributed by atoms with Gasteiger partial charge in [0.05, 0.1) is 0 Å². The standard InChI is InChI=1S/C17H23NO.Li.H/c1-18-9-8-17-7-3-2-4-14(17)16(18)10-12-5-6-13(19)11-15(12)17;;/h5-6,11,14,16,19H,2-4,7-10H2,1H3;;/t14-,16+,17+;;/m0../s1. The molecule has 1 aliphatic heterocycles. The maximum atomic E-state index is 9.91. The summed E-state index contributed by atoms with van der Waals surface area (Å²) in [6.45, 7) is 1.22. The molecule has 1 heterocycles. The van der Waals surface area contributed by atoms with Gasteiger partial charge in [-0.25, -0.2) is 0 Å². The van der Waals surface area contributed by atoms with Crippen molar-refractivity contribution in [3.63, 3.8) is 0 Å². The van der Waals surface area contributed by atoms with Crippen molar-refractivity contribution in [2.24, 2.45) is 5.92 Å². The molecular formula is C17H24LiNO. The second-order valence-electron chi connectivity index (χ2n) is 6.85. The van der Waals surface area contributed by atoms with Gasteiger partial charge in [0.1, 0.15) is 5.75 Å². The number of rotatable bonds is 0. The molecule has 1 saturated heterocycles. The van der Waals surface area contributed by atoms with Crippen LogP contribution >= 0.6 is 0 Å². The first kappa shape index (κ1) is 14.5. The quantitative estimate of drug-likeness (QED) is 0.728. The fourth-order valence-corrected chi connectivity index (χ4v) is 5.18. The summed E-state index contributed by atoms with van der Waals surface area (Å²) in [5, 5.41) is 9.91. The maximum absolute atomic E-state index is 9.91. The van der Waals surface area contributed by atoms with Gasteiger partial charge >= 0.3 is 18.9 Å². The van der Waals surface area contributed by atoms with Crippen LogP contribution in [0.25, 0.3) is 0 Å². The van der Waals surface area contributed by atoms with Gasteiger partial charge in [-0.3, -0.25) is 0 Å². The van der Waals surface area contributed by atoms with Gasteiger partial charge in [-0.15, -0.1) is 0 Å². The summed E-state index contributed by atoms with van der Waals surface area (Å²) in [5.74, 6) is 1.27. The van der Waals surface area contributed by atoms with Crippen LogP contribution in [-0.4, -0.2) is 48.5 Å². The van der Waals surface area contributed by atoms with Crippen molar-refractivity contribution in [1.29, 1.82) is 0 Å². The zero-order valence-electron chi connectivity index (χ0n) is 11.7. The van der Waals surface area contributed by atoms with Crippen LogP contribution in [0.3, 0.4) is 0 Å². The topological polar surface area (TPSA) is 23.5 Å². The van der Waals surface area contributed by atoms with E-state index >= 15 is 0 Å². The zero-order chi connectivity index (χ0) is 13.0. The van der Waals surface area contributed by atoms with E-state index < -0.39 is 0 Å². The van der Waals surface area contributed by atoms with E-state index in [9.17, 15) is 5.11 Å². The first-order valence-electron chi connectivity index (χ1n) is 7.73. The summed E-state index contributed by atoms with van der Waals surface area (Å²) in [6, 6.07) is 6.85. The Bertz CT molecular complexity index is 518. The Morgan fingerprint density at radius 1 is 1.25 bits per heavy atom. The summed E-state index contributed by atoms with van der Waals surface area (Å²) in [4.78, 5) is 2.59. The van der Waals surface area contributed by atoms with Crippen molar-refractivity contribution in [2.75, 3.05) is 13.6 Å². The van der Waals surface area contributed by atoms with Crippen molar-refractivity contribution in [2.45, 2.75) is 50.0 Å². The number of nitrogens with zero attached hydrogens (tertiary/aromatic N) is 1. The number of benzene rings is 1. The first-order valence-corrected chi connectivity index (χ1v) is 7.73. The van der Waals surface area contributed by atoms with E-state index in [1.807, 2.05) is 6.07 Å².